The van der Waals surface area contributed by atoms with Crippen LogP contribution in [-0.2, 0) is 10.2 Å². The second kappa shape index (κ2) is 6.79. The van der Waals surface area contributed by atoms with Crippen LogP contribution in [0.5, 0.6) is 0 Å². The highest BCUT2D eigenvalue weighted by Gasteiger charge is 2.43. The number of hydrogen-bond acceptors (Lipinski definition) is 3. The van der Waals surface area contributed by atoms with Crippen LogP contribution in [0.2, 0.25) is 0 Å². The fourth-order valence-electron chi connectivity index (χ4n) is 2.65. The third kappa shape index (κ3) is 4.12. The monoisotopic (exact) mass is 348 g/mol. The van der Waals surface area contributed by atoms with E-state index in [1.807, 2.05) is 0 Å². The van der Waals surface area contributed by atoms with Crippen LogP contribution in [0.4, 0.5) is 4.79 Å². The van der Waals surface area contributed by atoms with Gasteiger partial charge in [0, 0.05) is 11.4 Å². The minimum atomic E-state index is -0.776. The maximum absolute atomic E-state index is 12.1. The molecule has 2 rings (SSSR count). The highest BCUT2D eigenvalue weighted by atomic mass is 32.2. The first kappa shape index (κ1) is 18.8. The first-order valence-corrected chi connectivity index (χ1v) is 9.39. The summed E-state index contributed by atoms with van der Waals surface area (Å²) in [6.07, 6.45) is 0.791. The number of rotatable bonds is 5. The fourth-order valence-corrected chi connectivity index (χ4v) is 3.65. The molecule has 1 aromatic carbocycles. The first-order chi connectivity index (χ1) is 11.0. The van der Waals surface area contributed by atoms with E-state index in [1.54, 1.807) is 25.6 Å². The second-order valence-electron chi connectivity index (χ2n) is 7.94. The van der Waals surface area contributed by atoms with E-state index in [2.05, 4.69) is 51.2 Å². The van der Waals surface area contributed by atoms with Gasteiger partial charge in [-0.25, -0.2) is 4.79 Å². The standard InChI is InChI=1S/C19H28N2O2S/c1-13-8-9-14(18(2,3)4)12-15(13)24-11-7-10-21-16(22)19(5,6)20-17(21)23/h8-9,12H,7,10-11H2,1-6H3,(H,20,23). The Morgan fingerprint density at radius 2 is 1.88 bits per heavy atom. The van der Waals surface area contributed by atoms with Gasteiger partial charge in [-0.05, 0) is 55.6 Å². The molecule has 4 nitrogen and oxygen atoms in total. The van der Waals surface area contributed by atoms with Gasteiger partial charge in [-0.1, -0.05) is 32.9 Å². The van der Waals surface area contributed by atoms with Crippen LogP contribution in [0.15, 0.2) is 23.1 Å². The summed E-state index contributed by atoms with van der Waals surface area (Å²) >= 11 is 1.79. The molecular weight excluding hydrogens is 320 g/mol. The summed E-state index contributed by atoms with van der Waals surface area (Å²) in [4.78, 5) is 26.6. The van der Waals surface area contributed by atoms with Gasteiger partial charge >= 0.3 is 6.03 Å². The summed E-state index contributed by atoms with van der Waals surface area (Å²) in [5, 5.41) is 2.72. The lowest BCUT2D eigenvalue weighted by Crippen LogP contribution is -2.40. The number of aryl methyl sites for hydroxylation is 1. The number of thioether (sulfide) groups is 1. The third-order valence-corrected chi connectivity index (χ3v) is 5.53. The summed E-state index contributed by atoms with van der Waals surface area (Å²) in [6, 6.07) is 6.34. The number of carbonyl (C=O) groups excluding carboxylic acids is 2. The van der Waals surface area contributed by atoms with E-state index < -0.39 is 5.54 Å². The average molecular weight is 349 g/mol. The molecule has 1 aliphatic heterocycles. The third-order valence-electron chi connectivity index (χ3n) is 4.28. The molecule has 0 unspecified atom stereocenters. The molecule has 132 valence electrons. The Kier molecular flexibility index (Phi) is 5.33. The zero-order valence-corrected chi connectivity index (χ0v) is 16.3. The van der Waals surface area contributed by atoms with Crippen LogP contribution >= 0.6 is 11.8 Å². The Bertz CT molecular complexity index is 647. The quantitative estimate of drug-likeness (QED) is 0.495. The number of nitrogens with one attached hydrogen (secondary N) is 1. The van der Waals surface area contributed by atoms with Crippen molar-refractivity contribution in [2.75, 3.05) is 12.3 Å². The van der Waals surface area contributed by atoms with E-state index in [0.717, 1.165) is 12.2 Å². The molecule has 0 bridgehead atoms. The molecule has 5 heteroatoms. The van der Waals surface area contributed by atoms with Crippen LogP contribution in [0.3, 0.4) is 0 Å². The molecule has 0 spiro atoms. The molecule has 1 saturated heterocycles. The van der Waals surface area contributed by atoms with Crippen LogP contribution in [0, 0.1) is 6.92 Å². The van der Waals surface area contributed by atoms with Crippen LogP contribution < -0.4 is 5.32 Å². The van der Waals surface area contributed by atoms with Crippen molar-refractivity contribution in [3.05, 3.63) is 29.3 Å². The van der Waals surface area contributed by atoms with Gasteiger partial charge < -0.3 is 5.32 Å². The predicted molar refractivity (Wildman–Crippen MR) is 99.5 cm³/mol. The van der Waals surface area contributed by atoms with Crippen molar-refractivity contribution in [1.82, 2.24) is 10.2 Å². The van der Waals surface area contributed by atoms with Crippen molar-refractivity contribution in [3.63, 3.8) is 0 Å². The Morgan fingerprint density at radius 1 is 1.21 bits per heavy atom. The highest BCUT2D eigenvalue weighted by Crippen LogP contribution is 2.30. The molecule has 1 heterocycles. The second-order valence-corrected chi connectivity index (χ2v) is 9.08. The zero-order chi connectivity index (χ0) is 18.1. The van der Waals surface area contributed by atoms with Gasteiger partial charge in [0.05, 0.1) is 0 Å². The smallest absolute Gasteiger partial charge is 0.324 e. The SMILES string of the molecule is Cc1ccc(C(C)(C)C)cc1SCCCN1C(=O)NC(C)(C)C1=O. The Hall–Kier alpha value is -1.49. The Balaban J connectivity index is 1.91. The number of nitrogens with zero attached hydrogens (tertiary/aromatic N) is 1. The first-order valence-electron chi connectivity index (χ1n) is 8.40. The van der Waals surface area contributed by atoms with Gasteiger partial charge in [-0.3, -0.25) is 9.69 Å². The normalized spacial score (nSPS) is 17.3. The molecule has 1 aliphatic rings. The molecule has 0 aliphatic carbocycles. The fraction of sp³-hybridized carbons (Fsp3) is 0.579. The van der Waals surface area contributed by atoms with Gasteiger partial charge in [0.25, 0.3) is 5.91 Å². The van der Waals surface area contributed by atoms with Crippen molar-refractivity contribution >= 4 is 23.7 Å². The Morgan fingerprint density at radius 3 is 2.42 bits per heavy atom. The van der Waals surface area contributed by atoms with Crippen molar-refractivity contribution < 1.29 is 9.59 Å². The molecule has 0 saturated carbocycles. The van der Waals surface area contributed by atoms with Crippen molar-refractivity contribution in [3.8, 4) is 0 Å². The number of amides is 3. The summed E-state index contributed by atoms with van der Waals surface area (Å²) in [5.74, 6) is 0.745. The van der Waals surface area contributed by atoms with E-state index >= 15 is 0 Å². The van der Waals surface area contributed by atoms with E-state index in [1.165, 1.54) is 20.9 Å². The summed E-state index contributed by atoms with van der Waals surface area (Å²) < 4.78 is 0. The molecule has 3 amide bonds. The molecule has 0 radical (unpaired) electrons. The summed E-state index contributed by atoms with van der Waals surface area (Å²) in [7, 11) is 0. The minimum absolute atomic E-state index is 0.134. The van der Waals surface area contributed by atoms with E-state index in [0.29, 0.717) is 6.54 Å². The van der Waals surface area contributed by atoms with Gasteiger partial charge in [0.2, 0.25) is 0 Å². The number of urea groups is 1. The van der Waals surface area contributed by atoms with E-state index in [4.69, 9.17) is 0 Å². The maximum Gasteiger partial charge on any atom is 0.325 e. The van der Waals surface area contributed by atoms with Gasteiger partial charge in [0.1, 0.15) is 5.54 Å². The topological polar surface area (TPSA) is 49.4 Å². The minimum Gasteiger partial charge on any atom is -0.324 e. The molecule has 1 aromatic rings. The average Bonchev–Trinajstić information content (AvgIpc) is 2.65. The molecule has 0 aromatic heterocycles. The van der Waals surface area contributed by atoms with Crippen LogP contribution in [-0.4, -0.2) is 34.7 Å². The van der Waals surface area contributed by atoms with Crippen molar-refractivity contribution in [2.24, 2.45) is 0 Å². The number of carbonyl (C=O) groups is 2. The lowest BCUT2D eigenvalue weighted by molar-refractivity contribution is -0.130. The van der Waals surface area contributed by atoms with Gasteiger partial charge in [0.15, 0.2) is 0 Å². The Labute approximate surface area is 149 Å². The molecule has 0 atom stereocenters. The van der Waals surface area contributed by atoms with E-state index in [-0.39, 0.29) is 17.4 Å². The van der Waals surface area contributed by atoms with Crippen LogP contribution in [0.1, 0.15) is 52.2 Å². The highest BCUT2D eigenvalue weighted by molar-refractivity contribution is 7.99. The number of hydrogen-bond donors (Lipinski definition) is 1. The number of imide groups is 1. The largest absolute Gasteiger partial charge is 0.325 e. The van der Waals surface area contributed by atoms with Gasteiger partial charge in [-0.15, -0.1) is 11.8 Å². The maximum atomic E-state index is 12.1. The summed E-state index contributed by atoms with van der Waals surface area (Å²) in [5.41, 5.74) is 1.95. The lowest BCUT2D eigenvalue weighted by atomic mass is 9.87. The van der Waals surface area contributed by atoms with Crippen molar-refractivity contribution in [2.45, 2.75) is 63.8 Å². The summed E-state index contributed by atoms with van der Waals surface area (Å²) in [6.45, 7) is 12.7. The number of benzene rings is 1. The molecule has 1 fully saturated rings. The predicted octanol–water partition coefficient (Wildman–Crippen LogP) is 4.11. The van der Waals surface area contributed by atoms with Crippen LogP contribution in [0.25, 0.3) is 0 Å². The lowest BCUT2D eigenvalue weighted by Gasteiger charge is -2.21. The molecular formula is C19H28N2O2S. The molecule has 1 N–H and O–H groups in total. The van der Waals surface area contributed by atoms with Crippen molar-refractivity contribution in [1.29, 1.82) is 0 Å². The van der Waals surface area contributed by atoms with Gasteiger partial charge in [-0.2, -0.15) is 0 Å². The molecule has 24 heavy (non-hydrogen) atoms. The zero-order valence-electron chi connectivity index (χ0n) is 15.5. The van der Waals surface area contributed by atoms with E-state index in [9.17, 15) is 9.59 Å².